The maximum Gasteiger partial charge on any atom is 0.0506 e. The molecule has 0 aliphatic carbocycles. The van der Waals surface area contributed by atoms with E-state index in [1.165, 1.54) is 29.5 Å². The van der Waals surface area contributed by atoms with Crippen LogP contribution < -0.4 is 5.73 Å². The number of benzene rings is 1. The smallest absolute Gasteiger partial charge is 0.0506 e. The summed E-state index contributed by atoms with van der Waals surface area (Å²) in [6.45, 7) is 8.10. The van der Waals surface area contributed by atoms with Gasteiger partial charge >= 0.3 is 0 Å². The minimum atomic E-state index is 0.0881. The predicted octanol–water partition coefficient (Wildman–Crippen LogP) is 2.66. The second-order valence-electron chi connectivity index (χ2n) is 6.27. The molecule has 0 spiro atoms. The lowest BCUT2D eigenvalue weighted by atomic mass is 9.98. The lowest BCUT2D eigenvalue weighted by Crippen LogP contribution is -2.35. The van der Waals surface area contributed by atoms with Crippen molar-refractivity contribution in [3.05, 3.63) is 34.9 Å². The quantitative estimate of drug-likeness (QED) is 0.898. The van der Waals surface area contributed by atoms with Crippen LogP contribution in [-0.4, -0.2) is 38.3 Å². The molecule has 0 radical (unpaired) electrons. The van der Waals surface area contributed by atoms with Crippen molar-refractivity contribution in [2.24, 2.45) is 11.7 Å². The fraction of sp³-hybridized carbons (Fsp3) is 0.647. The molecular formula is C17H28N2O. The molecule has 2 rings (SSSR count). The van der Waals surface area contributed by atoms with Crippen molar-refractivity contribution in [1.29, 1.82) is 0 Å². The third-order valence-corrected chi connectivity index (χ3v) is 4.16. The van der Waals surface area contributed by atoms with Crippen LogP contribution in [0.5, 0.6) is 0 Å². The first kappa shape index (κ1) is 15.5. The van der Waals surface area contributed by atoms with Crippen molar-refractivity contribution < 1.29 is 4.74 Å². The summed E-state index contributed by atoms with van der Waals surface area (Å²) in [5, 5.41) is 0. The summed E-state index contributed by atoms with van der Waals surface area (Å²) >= 11 is 0. The lowest BCUT2D eigenvalue weighted by molar-refractivity contribution is 0.0414. The molecule has 1 aromatic rings. The lowest BCUT2D eigenvalue weighted by Gasteiger charge is -2.29. The van der Waals surface area contributed by atoms with Crippen molar-refractivity contribution >= 4 is 0 Å². The van der Waals surface area contributed by atoms with E-state index in [-0.39, 0.29) is 6.04 Å². The normalized spacial score (nSPS) is 21.1. The summed E-state index contributed by atoms with van der Waals surface area (Å²) in [7, 11) is 2.16. The van der Waals surface area contributed by atoms with E-state index < -0.39 is 0 Å². The number of rotatable bonds is 5. The first-order valence-electron chi connectivity index (χ1n) is 7.65. The first-order chi connectivity index (χ1) is 9.56. The molecule has 0 amide bonds. The minimum absolute atomic E-state index is 0.0881. The van der Waals surface area contributed by atoms with Gasteiger partial charge in [-0.15, -0.1) is 0 Å². The van der Waals surface area contributed by atoms with Gasteiger partial charge in [0.2, 0.25) is 0 Å². The molecule has 1 aliphatic rings. The Balaban J connectivity index is 1.87. The zero-order valence-electron chi connectivity index (χ0n) is 13.1. The van der Waals surface area contributed by atoms with Crippen LogP contribution in [0.15, 0.2) is 18.2 Å². The first-order valence-corrected chi connectivity index (χ1v) is 7.65. The van der Waals surface area contributed by atoms with Crippen LogP contribution in [0.4, 0.5) is 0 Å². The number of ether oxygens (including phenoxy) is 1. The summed E-state index contributed by atoms with van der Waals surface area (Å²) in [6, 6.07) is 6.62. The van der Waals surface area contributed by atoms with Gasteiger partial charge in [0, 0.05) is 25.7 Å². The topological polar surface area (TPSA) is 38.5 Å². The third-order valence-electron chi connectivity index (χ3n) is 4.16. The number of likely N-dealkylation sites (N-methyl/N-ethyl adjacent to an activating group) is 1. The number of nitrogens with zero attached hydrogens (tertiary/aromatic N) is 1. The molecule has 1 saturated heterocycles. The maximum atomic E-state index is 6.38. The van der Waals surface area contributed by atoms with E-state index in [9.17, 15) is 0 Å². The Morgan fingerprint density at radius 1 is 1.40 bits per heavy atom. The molecule has 1 fully saturated rings. The van der Waals surface area contributed by atoms with Crippen molar-refractivity contribution in [2.75, 3.05) is 33.4 Å². The summed E-state index contributed by atoms with van der Waals surface area (Å²) in [6.07, 6.45) is 2.48. The molecule has 3 nitrogen and oxygen atoms in total. The van der Waals surface area contributed by atoms with Crippen molar-refractivity contribution in [3.8, 4) is 0 Å². The van der Waals surface area contributed by atoms with Crippen molar-refractivity contribution in [2.45, 2.75) is 32.7 Å². The second kappa shape index (κ2) is 7.21. The van der Waals surface area contributed by atoms with Crippen molar-refractivity contribution in [1.82, 2.24) is 4.90 Å². The molecule has 3 heteroatoms. The molecule has 1 aromatic carbocycles. The van der Waals surface area contributed by atoms with Crippen molar-refractivity contribution in [3.63, 3.8) is 0 Å². The van der Waals surface area contributed by atoms with E-state index in [0.717, 1.165) is 26.3 Å². The molecule has 20 heavy (non-hydrogen) atoms. The Bertz CT molecular complexity index is 427. The van der Waals surface area contributed by atoms with Crippen LogP contribution in [0.2, 0.25) is 0 Å². The number of hydrogen-bond acceptors (Lipinski definition) is 3. The number of nitrogens with two attached hydrogens (primary N) is 1. The molecule has 0 aromatic heterocycles. The van der Waals surface area contributed by atoms with E-state index >= 15 is 0 Å². The zero-order valence-corrected chi connectivity index (χ0v) is 13.1. The average molecular weight is 276 g/mol. The predicted molar refractivity (Wildman–Crippen MR) is 83.9 cm³/mol. The molecule has 0 saturated carbocycles. The van der Waals surface area contributed by atoms with Crippen LogP contribution in [0.25, 0.3) is 0 Å². The van der Waals surface area contributed by atoms with E-state index in [2.05, 4.69) is 44.0 Å². The maximum absolute atomic E-state index is 6.38. The second-order valence-corrected chi connectivity index (χ2v) is 6.27. The summed E-state index contributed by atoms with van der Waals surface area (Å²) in [5.41, 5.74) is 10.2. The van der Waals surface area contributed by atoms with E-state index in [1.54, 1.807) is 0 Å². The Hall–Kier alpha value is -0.900. The van der Waals surface area contributed by atoms with Crippen LogP contribution in [0, 0.1) is 19.8 Å². The molecule has 1 heterocycles. The van der Waals surface area contributed by atoms with E-state index in [1.807, 2.05) is 0 Å². The van der Waals surface area contributed by atoms with Gasteiger partial charge in [0.15, 0.2) is 0 Å². The number of aryl methyl sites for hydroxylation is 2. The molecule has 2 unspecified atom stereocenters. The van der Waals surface area contributed by atoms with Gasteiger partial charge in [0.1, 0.15) is 0 Å². The van der Waals surface area contributed by atoms with Gasteiger partial charge in [-0.25, -0.2) is 0 Å². The highest BCUT2D eigenvalue weighted by Crippen LogP contribution is 2.19. The Morgan fingerprint density at radius 2 is 2.20 bits per heavy atom. The highest BCUT2D eigenvalue weighted by Gasteiger charge is 2.18. The van der Waals surface area contributed by atoms with Crippen LogP contribution in [-0.2, 0) is 4.74 Å². The van der Waals surface area contributed by atoms with Gasteiger partial charge in [-0.05, 0) is 50.8 Å². The van der Waals surface area contributed by atoms with Gasteiger partial charge in [-0.1, -0.05) is 23.8 Å². The van der Waals surface area contributed by atoms with Gasteiger partial charge in [-0.3, -0.25) is 0 Å². The van der Waals surface area contributed by atoms with Crippen LogP contribution >= 0.6 is 0 Å². The molecule has 2 atom stereocenters. The Morgan fingerprint density at radius 3 is 2.85 bits per heavy atom. The highest BCUT2D eigenvalue weighted by atomic mass is 16.5. The number of hydrogen-bond donors (Lipinski definition) is 1. The van der Waals surface area contributed by atoms with E-state index in [4.69, 9.17) is 10.5 Å². The largest absolute Gasteiger partial charge is 0.381 e. The fourth-order valence-electron chi connectivity index (χ4n) is 3.14. The van der Waals surface area contributed by atoms with Crippen LogP contribution in [0.1, 0.15) is 35.6 Å². The van der Waals surface area contributed by atoms with Gasteiger partial charge in [0.25, 0.3) is 0 Å². The standard InChI is InChI=1S/C17H28N2O/c1-13-6-7-16(14(2)9-13)17(18)11-19(3)10-15-5-4-8-20-12-15/h6-7,9,15,17H,4-5,8,10-12,18H2,1-3H3. The molecule has 2 N–H and O–H groups in total. The third kappa shape index (κ3) is 4.30. The Labute approximate surface area is 123 Å². The monoisotopic (exact) mass is 276 g/mol. The molecule has 112 valence electrons. The Kier molecular flexibility index (Phi) is 5.58. The summed E-state index contributed by atoms with van der Waals surface area (Å²) < 4.78 is 5.55. The SMILES string of the molecule is Cc1ccc(C(N)CN(C)CC2CCCOC2)c(C)c1. The fourth-order valence-corrected chi connectivity index (χ4v) is 3.14. The molecular weight excluding hydrogens is 248 g/mol. The summed E-state index contributed by atoms with van der Waals surface area (Å²) in [4.78, 5) is 2.35. The zero-order chi connectivity index (χ0) is 14.5. The minimum Gasteiger partial charge on any atom is -0.381 e. The van der Waals surface area contributed by atoms with E-state index in [0.29, 0.717) is 5.92 Å². The van der Waals surface area contributed by atoms with Gasteiger partial charge in [-0.2, -0.15) is 0 Å². The van der Waals surface area contributed by atoms with Gasteiger partial charge < -0.3 is 15.4 Å². The molecule has 0 bridgehead atoms. The highest BCUT2D eigenvalue weighted by molar-refractivity contribution is 5.32. The van der Waals surface area contributed by atoms with Crippen LogP contribution in [0.3, 0.4) is 0 Å². The van der Waals surface area contributed by atoms with Gasteiger partial charge in [0.05, 0.1) is 6.61 Å². The summed E-state index contributed by atoms with van der Waals surface area (Å²) in [5.74, 6) is 0.667. The molecule has 1 aliphatic heterocycles. The average Bonchev–Trinajstić information content (AvgIpc) is 2.39.